The second-order valence-corrected chi connectivity index (χ2v) is 6.23. The maximum atomic E-state index is 13.8. The summed E-state index contributed by atoms with van der Waals surface area (Å²) in [5.41, 5.74) is -2.72. The molecule has 0 bridgehead atoms. The quantitative estimate of drug-likeness (QED) is 0.725. The second kappa shape index (κ2) is 6.19. The number of rotatable bonds is 3. The van der Waals surface area contributed by atoms with Crippen LogP contribution in [0.4, 0.5) is 13.2 Å². The number of carbonyl (C=O) groups is 2. The number of para-hydroxylation sites is 1. The van der Waals surface area contributed by atoms with Gasteiger partial charge in [-0.3, -0.25) is 9.59 Å². The first-order chi connectivity index (χ1) is 11.7. The minimum absolute atomic E-state index is 0.0722. The van der Waals surface area contributed by atoms with Crippen LogP contribution in [0, 0.1) is 0 Å². The summed E-state index contributed by atoms with van der Waals surface area (Å²) >= 11 is 5.72. The summed E-state index contributed by atoms with van der Waals surface area (Å²) in [5.74, 6) is -1.65. The summed E-state index contributed by atoms with van der Waals surface area (Å²) < 4.78 is 46.4. The first-order valence-electron chi connectivity index (χ1n) is 7.39. The third-order valence-electron chi connectivity index (χ3n) is 4.07. The van der Waals surface area contributed by atoms with Crippen LogP contribution in [0.2, 0.25) is 5.02 Å². The molecule has 0 radical (unpaired) electrons. The van der Waals surface area contributed by atoms with Gasteiger partial charge < -0.3 is 4.74 Å². The smallest absolute Gasteiger partial charge is 0.429 e. The lowest BCUT2D eigenvalue weighted by Crippen LogP contribution is -2.55. The van der Waals surface area contributed by atoms with Crippen molar-refractivity contribution >= 4 is 23.2 Å². The zero-order valence-electron chi connectivity index (χ0n) is 12.8. The van der Waals surface area contributed by atoms with Crippen LogP contribution < -0.4 is 4.74 Å². The zero-order chi connectivity index (χ0) is 18.2. The molecule has 2 aromatic rings. The van der Waals surface area contributed by atoms with E-state index in [0.717, 1.165) is 0 Å². The predicted molar refractivity (Wildman–Crippen MR) is 85.2 cm³/mol. The van der Waals surface area contributed by atoms with E-state index in [1.54, 1.807) is 6.07 Å². The topological polar surface area (TPSA) is 43.4 Å². The van der Waals surface area contributed by atoms with Gasteiger partial charge >= 0.3 is 6.18 Å². The molecule has 130 valence electrons. The molecule has 25 heavy (non-hydrogen) atoms. The van der Waals surface area contributed by atoms with Crippen LogP contribution in [0.5, 0.6) is 5.75 Å². The van der Waals surface area contributed by atoms with E-state index in [-0.39, 0.29) is 16.9 Å². The van der Waals surface area contributed by atoms with Gasteiger partial charge in [0, 0.05) is 10.6 Å². The Kier molecular flexibility index (Phi) is 4.33. The van der Waals surface area contributed by atoms with Crippen molar-refractivity contribution in [3.8, 4) is 5.75 Å². The SMILES string of the molecule is O=C(CC1(C(F)(F)F)CC(=O)c2ccccc2O1)c1ccc(Cl)cc1. The number of alkyl halides is 3. The molecule has 1 aliphatic rings. The molecule has 0 N–H and O–H groups in total. The highest BCUT2D eigenvalue weighted by Gasteiger charge is 2.61. The summed E-state index contributed by atoms with van der Waals surface area (Å²) in [7, 11) is 0. The third-order valence-corrected chi connectivity index (χ3v) is 4.32. The zero-order valence-corrected chi connectivity index (χ0v) is 13.5. The maximum Gasteiger partial charge on any atom is 0.429 e. The highest BCUT2D eigenvalue weighted by molar-refractivity contribution is 6.30. The number of halogens is 4. The van der Waals surface area contributed by atoms with Gasteiger partial charge in [0.2, 0.25) is 5.60 Å². The number of benzene rings is 2. The van der Waals surface area contributed by atoms with Crippen LogP contribution in [0.15, 0.2) is 48.5 Å². The summed E-state index contributed by atoms with van der Waals surface area (Å²) in [5, 5.41) is 0.361. The van der Waals surface area contributed by atoms with Crippen LogP contribution in [-0.4, -0.2) is 23.3 Å². The fourth-order valence-electron chi connectivity index (χ4n) is 2.74. The van der Waals surface area contributed by atoms with Crippen molar-refractivity contribution < 1.29 is 27.5 Å². The van der Waals surface area contributed by atoms with E-state index < -0.39 is 36.2 Å². The van der Waals surface area contributed by atoms with E-state index >= 15 is 0 Å². The van der Waals surface area contributed by atoms with Crippen molar-refractivity contribution in [3.05, 3.63) is 64.7 Å². The Morgan fingerprint density at radius 2 is 1.76 bits per heavy atom. The third kappa shape index (κ3) is 3.26. The van der Waals surface area contributed by atoms with Crippen molar-refractivity contribution in [2.75, 3.05) is 0 Å². The molecule has 0 saturated carbocycles. The Morgan fingerprint density at radius 1 is 1.12 bits per heavy atom. The van der Waals surface area contributed by atoms with Crippen molar-refractivity contribution in [2.24, 2.45) is 0 Å². The van der Waals surface area contributed by atoms with Crippen molar-refractivity contribution in [2.45, 2.75) is 24.6 Å². The monoisotopic (exact) mass is 368 g/mol. The average Bonchev–Trinajstić information content (AvgIpc) is 2.54. The fraction of sp³-hybridized carbons (Fsp3) is 0.222. The van der Waals surface area contributed by atoms with Gasteiger partial charge in [-0.15, -0.1) is 0 Å². The Hall–Kier alpha value is -2.34. The van der Waals surface area contributed by atoms with Crippen molar-refractivity contribution in [1.29, 1.82) is 0 Å². The number of ketones is 2. The maximum absolute atomic E-state index is 13.8. The Balaban J connectivity index is 1.97. The highest BCUT2D eigenvalue weighted by Crippen LogP contribution is 2.45. The molecular weight excluding hydrogens is 357 g/mol. The largest absolute Gasteiger partial charge is 0.476 e. The van der Waals surface area contributed by atoms with Gasteiger partial charge in [-0.1, -0.05) is 23.7 Å². The van der Waals surface area contributed by atoms with Gasteiger partial charge in [0.05, 0.1) is 18.4 Å². The molecule has 1 aliphatic heterocycles. The van der Waals surface area contributed by atoms with Crippen molar-refractivity contribution in [1.82, 2.24) is 0 Å². The van der Waals surface area contributed by atoms with Crippen LogP contribution >= 0.6 is 11.6 Å². The molecule has 7 heteroatoms. The summed E-state index contributed by atoms with van der Waals surface area (Å²) in [4.78, 5) is 24.6. The molecule has 1 atom stereocenters. The molecule has 0 fully saturated rings. The van der Waals surface area contributed by atoms with Crippen LogP contribution in [0.1, 0.15) is 33.6 Å². The lowest BCUT2D eigenvalue weighted by atomic mass is 9.84. The minimum atomic E-state index is -4.89. The average molecular weight is 369 g/mol. The Morgan fingerprint density at radius 3 is 2.40 bits per heavy atom. The summed E-state index contributed by atoms with van der Waals surface area (Å²) in [6, 6.07) is 11.2. The van der Waals surface area contributed by atoms with Gasteiger partial charge in [-0.25, -0.2) is 0 Å². The van der Waals surface area contributed by atoms with Gasteiger partial charge in [-0.2, -0.15) is 13.2 Å². The first-order valence-corrected chi connectivity index (χ1v) is 7.76. The van der Waals surface area contributed by atoms with Gasteiger partial charge in [0.1, 0.15) is 5.75 Å². The van der Waals surface area contributed by atoms with E-state index in [1.807, 2.05) is 0 Å². The molecule has 0 spiro atoms. The molecule has 0 amide bonds. The van der Waals surface area contributed by atoms with Gasteiger partial charge in [0.25, 0.3) is 0 Å². The molecule has 0 aromatic heterocycles. The molecule has 0 aliphatic carbocycles. The van der Waals surface area contributed by atoms with Gasteiger partial charge in [-0.05, 0) is 36.4 Å². The predicted octanol–water partition coefficient (Wildman–Crippen LogP) is 4.88. The van der Waals surface area contributed by atoms with E-state index in [1.165, 1.54) is 42.5 Å². The molecule has 1 heterocycles. The number of hydrogen-bond donors (Lipinski definition) is 0. The standard InChI is InChI=1S/C18H12ClF3O3/c19-12-7-5-11(6-8-12)14(23)9-17(18(20,21)22)10-15(24)13-3-1-2-4-16(13)25-17/h1-8H,9-10H2. The van der Waals surface area contributed by atoms with E-state index in [4.69, 9.17) is 16.3 Å². The highest BCUT2D eigenvalue weighted by atomic mass is 35.5. The Labute approximate surface area is 146 Å². The number of fused-ring (bicyclic) bond motifs is 1. The second-order valence-electron chi connectivity index (χ2n) is 5.80. The number of Topliss-reactive ketones (excluding diaryl/α,β-unsaturated/α-hetero) is 2. The number of hydrogen-bond acceptors (Lipinski definition) is 3. The summed E-state index contributed by atoms with van der Waals surface area (Å²) in [6.07, 6.45) is -6.82. The number of ether oxygens (including phenoxy) is 1. The molecular formula is C18H12ClF3O3. The van der Waals surface area contributed by atoms with Crippen LogP contribution in [-0.2, 0) is 0 Å². The molecule has 3 rings (SSSR count). The fourth-order valence-corrected chi connectivity index (χ4v) is 2.87. The minimum Gasteiger partial charge on any atom is -0.476 e. The lowest BCUT2D eigenvalue weighted by Gasteiger charge is -2.38. The molecule has 2 aromatic carbocycles. The number of carbonyl (C=O) groups excluding carboxylic acids is 2. The molecule has 0 saturated heterocycles. The molecule has 1 unspecified atom stereocenters. The van der Waals surface area contributed by atoms with Gasteiger partial charge in [0.15, 0.2) is 11.6 Å². The first kappa shape index (κ1) is 17.5. The van der Waals surface area contributed by atoms with Crippen LogP contribution in [0.3, 0.4) is 0 Å². The van der Waals surface area contributed by atoms with E-state index in [2.05, 4.69) is 0 Å². The molecule has 3 nitrogen and oxygen atoms in total. The lowest BCUT2D eigenvalue weighted by molar-refractivity contribution is -0.247. The normalized spacial score (nSPS) is 19.9. The van der Waals surface area contributed by atoms with Crippen LogP contribution in [0.25, 0.3) is 0 Å². The van der Waals surface area contributed by atoms with E-state index in [0.29, 0.717) is 5.02 Å². The Bertz CT molecular complexity index is 830. The van der Waals surface area contributed by atoms with Crippen molar-refractivity contribution in [3.63, 3.8) is 0 Å². The summed E-state index contributed by atoms with van der Waals surface area (Å²) in [6.45, 7) is 0. The van der Waals surface area contributed by atoms with E-state index in [9.17, 15) is 22.8 Å².